The van der Waals surface area contributed by atoms with Crippen molar-refractivity contribution in [3.05, 3.63) is 35.4 Å². The fraction of sp³-hybridized carbons (Fsp3) is 0.400. The van der Waals surface area contributed by atoms with E-state index in [4.69, 9.17) is 9.47 Å². The highest BCUT2D eigenvalue weighted by Gasteiger charge is 2.15. The second kappa shape index (κ2) is 7.42. The second-order valence-corrected chi connectivity index (χ2v) is 5.21. The summed E-state index contributed by atoms with van der Waals surface area (Å²) in [7, 11) is 0. The molecule has 1 rings (SSSR count). The highest BCUT2D eigenvalue weighted by Crippen LogP contribution is 2.06. The van der Waals surface area contributed by atoms with Gasteiger partial charge in [-0.25, -0.2) is 15.0 Å². The Morgan fingerprint density at radius 2 is 1.86 bits per heavy atom. The van der Waals surface area contributed by atoms with Crippen LogP contribution in [0.4, 0.5) is 4.79 Å². The van der Waals surface area contributed by atoms with Gasteiger partial charge < -0.3 is 9.47 Å². The number of esters is 1. The molecular weight excluding hydrogens is 272 g/mol. The van der Waals surface area contributed by atoms with Crippen LogP contribution in [0.5, 0.6) is 0 Å². The summed E-state index contributed by atoms with van der Waals surface area (Å²) in [6.07, 6.45) is 0.834. The molecule has 0 radical (unpaired) electrons. The number of carbonyl (C=O) groups is 2. The predicted molar refractivity (Wildman–Crippen MR) is 79.4 cm³/mol. The molecule has 0 unspecified atom stereocenters. The first kappa shape index (κ1) is 16.7. The Balaban J connectivity index is 2.54. The first-order valence-corrected chi connectivity index (χ1v) is 6.61. The van der Waals surface area contributed by atoms with Gasteiger partial charge in [0.25, 0.3) is 0 Å². The lowest BCUT2D eigenvalue weighted by molar-refractivity contribution is 0.0517. The maximum absolute atomic E-state index is 11.5. The Kier molecular flexibility index (Phi) is 5.90. The summed E-state index contributed by atoms with van der Waals surface area (Å²) in [5.41, 5.74) is 2.90. The van der Waals surface area contributed by atoms with Gasteiger partial charge in [-0.3, -0.25) is 0 Å². The van der Waals surface area contributed by atoms with Gasteiger partial charge >= 0.3 is 12.1 Å². The van der Waals surface area contributed by atoms with Gasteiger partial charge in [0.05, 0.1) is 18.4 Å². The Bertz CT molecular complexity index is 515. The van der Waals surface area contributed by atoms with E-state index < -0.39 is 11.7 Å². The van der Waals surface area contributed by atoms with E-state index in [2.05, 4.69) is 10.5 Å². The molecule has 0 atom stereocenters. The molecule has 0 saturated heterocycles. The van der Waals surface area contributed by atoms with Crippen molar-refractivity contribution < 1.29 is 19.1 Å². The molecule has 1 N–H and O–H groups in total. The fourth-order valence-corrected chi connectivity index (χ4v) is 1.38. The average Bonchev–Trinajstić information content (AvgIpc) is 2.37. The van der Waals surface area contributed by atoms with E-state index in [9.17, 15) is 9.59 Å². The van der Waals surface area contributed by atoms with E-state index in [0.29, 0.717) is 12.2 Å². The summed E-state index contributed by atoms with van der Waals surface area (Å²) < 4.78 is 9.91. The van der Waals surface area contributed by atoms with Gasteiger partial charge in [0.15, 0.2) is 0 Å². The van der Waals surface area contributed by atoms with Crippen LogP contribution in [-0.2, 0) is 9.47 Å². The molecule has 6 nitrogen and oxygen atoms in total. The van der Waals surface area contributed by atoms with Gasteiger partial charge in [0.1, 0.15) is 5.60 Å². The first-order chi connectivity index (χ1) is 9.81. The zero-order valence-corrected chi connectivity index (χ0v) is 12.7. The molecule has 0 aliphatic rings. The molecule has 0 bridgehead atoms. The Morgan fingerprint density at radius 1 is 1.24 bits per heavy atom. The summed E-state index contributed by atoms with van der Waals surface area (Å²) in [5, 5.41) is 3.77. The number of carbonyl (C=O) groups excluding carboxylic acids is 2. The van der Waals surface area contributed by atoms with Crippen molar-refractivity contribution in [2.75, 3.05) is 6.61 Å². The van der Waals surface area contributed by atoms with Crippen LogP contribution in [0.3, 0.4) is 0 Å². The van der Waals surface area contributed by atoms with E-state index in [-0.39, 0.29) is 5.97 Å². The lowest BCUT2D eigenvalue weighted by atomic mass is 10.1. The van der Waals surface area contributed by atoms with Crippen LogP contribution in [0, 0.1) is 0 Å². The quantitative estimate of drug-likeness (QED) is 0.526. The third-order valence-electron chi connectivity index (χ3n) is 2.19. The first-order valence-electron chi connectivity index (χ1n) is 6.61. The summed E-state index contributed by atoms with van der Waals surface area (Å²) >= 11 is 0. The number of hydrazone groups is 1. The summed E-state index contributed by atoms with van der Waals surface area (Å²) in [6, 6.07) is 6.67. The second-order valence-electron chi connectivity index (χ2n) is 5.21. The molecule has 0 saturated carbocycles. The lowest BCUT2D eigenvalue weighted by Gasteiger charge is -2.18. The molecule has 0 aromatic heterocycles. The number of hydrogen-bond acceptors (Lipinski definition) is 5. The van der Waals surface area contributed by atoms with E-state index in [1.54, 1.807) is 52.0 Å². The van der Waals surface area contributed by atoms with Gasteiger partial charge in [-0.05, 0) is 45.4 Å². The molecule has 0 heterocycles. The van der Waals surface area contributed by atoms with Crippen molar-refractivity contribution in [2.24, 2.45) is 5.10 Å². The Hall–Kier alpha value is -2.37. The SMILES string of the molecule is CCOC(=O)c1ccc(/C=N/NC(=O)OC(C)(C)C)cc1. The molecule has 0 fully saturated rings. The summed E-state index contributed by atoms with van der Waals surface area (Å²) in [6.45, 7) is 7.39. The summed E-state index contributed by atoms with van der Waals surface area (Å²) in [5.74, 6) is -0.368. The number of benzene rings is 1. The fourth-order valence-electron chi connectivity index (χ4n) is 1.38. The van der Waals surface area contributed by atoms with Crippen LogP contribution in [-0.4, -0.2) is 30.5 Å². The van der Waals surface area contributed by atoms with Crippen LogP contribution in [0.2, 0.25) is 0 Å². The number of rotatable bonds is 4. The zero-order chi connectivity index (χ0) is 15.9. The molecule has 1 aromatic carbocycles. The molecule has 114 valence electrons. The molecule has 0 aliphatic heterocycles. The van der Waals surface area contributed by atoms with E-state index >= 15 is 0 Å². The molecule has 21 heavy (non-hydrogen) atoms. The smallest absolute Gasteiger partial charge is 0.428 e. The molecule has 6 heteroatoms. The lowest BCUT2D eigenvalue weighted by Crippen LogP contribution is -2.29. The number of ether oxygens (including phenoxy) is 2. The highest BCUT2D eigenvalue weighted by molar-refractivity contribution is 5.90. The normalized spacial score (nSPS) is 11.2. The van der Waals surface area contributed by atoms with Gasteiger partial charge in [-0.15, -0.1) is 0 Å². The van der Waals surface area contributed by atoms with Crippen LogP contribution < -0.4 is 5.43 Å². The maximum atomic E-state index is 11.5. The molecule has 0 spiro atoms. The van der Waals surface area contributed by atoms with Crippen molar-refractivity contribution in [3.8, 4) is 0 Å². The minimum Gasteiger partial charge on any atom is -0.462 e. The van der Waals surface area contributed by atoms with Crippen LogP contribution >= 0.6 is 0 Å². The van der Waals surface area contributed by atoms with E-state index in [1.165, 1.54) is 6.21 Å². The summed E-state index contributed by atoms with van der Waals surface area (Å²) in [4.78, 5) is 22.8. The third kappa shape index (κ3) is 6.56. The molecular formula is C15H20N2O4. The van der Waals surface area contributed by atoms with Crippen molar-refractivity contribution in [3.63, 3.8) is 0 Å². The number of amides is 1. The van der Waals surface area contributed by atoms with Gasteiger partial charge in [-0.1, -0.05) is 12.1 Å². The third-order valence-corrected chi connectivity index (χ3v) is 2.19. The maximum Gasteiger partial charge on any atom is 0.428 e. The number of nitrogens with one attached hydrogen (secondary N) is 1. The topological polar surface area (TPSA) is 77.0 Å². The van der Waals surface area contributed by atoms with Crippen LogP contribution in [0.15, 0.2) is 29.4 Å². The van der Waals surface area contributed by atoms with Crippen LogP contribution in [0.1, 0.15) is 43.6 Å². The largest absolute Gasteiger partial charge is 0.462 e. The average molecular weight is 292 g/mol. The monoisotopic (exact) mass is 292 g/mol. The minimum absolute atomic E-state index is 0.335. The van der Waals surface area contributed by atoms with Gasteiger partial charge in [0, 0.05) is 0 Å². The van der Waals surface area contributed by atoms with Crippen molar-refractivity contribution in [2.45, 2.75) is 33.3 Å². The van der Waals surface area contributed by atoms with Crippen molar-refractivity contribution in [1.82, 2.24) is 5.43 Å². The molecule has 1 amide bonds. The minimum atomic E-state index is -0.623. The Labute approximate surface area is 124 Å². The number of hydrogen-bond donors (Lipinski definition) is 1. The van der Waals surface area contributed by atoms with Crippen molar-refractivity contribution >= 4 is 18.3 Å². The zero-order valence-electron chi connectivity index (χ0n) is 12.7. The predicted octanol–water partition coefficient (Wildman–Crippen LogP) is 2.72. The van der Waals surface area contributed by atoms with Gasteiger partial charge in [-0.2, -0.15) is 5.10 Å². The number of nitrogens with zero attached hydrogens (tertiary/aromatic N) is 1. The van der Waals surface area contributed by atoms with Crippen molar-refractivity contribution in [1.29, 1.82) is 0 Å². The molecule has 1 aromatic rings. The Morgan fingerprint density at radius 3 is 2.38 bits per heavy atom. The van der Waals surface area contributed by atoms with Crippen LogP contribution in [0.25, 0.3) is 0 Å². The molecule has 0 aliphatic carbocycles. The highest BCUT2D eigenvalue weighted by atomic mass is 16.6. The van der Waals surface area contributed by atoms with Gasteiger partial charge in [0.2, 0.25) is 0 Å². The van der Waals surface area contributed by atoms with E-state index in [0.717, 1.165) is 5.56 Å². The van der Waals surface area contributed by atoms with E-state index in [1.807, 2.05) is 0 Å². The standard InChI is InChI=1S/C15H20N2O4/c1-5-20-13(18)12-8-6-11(7-9-12)10-16-17-14(19)21-15(2,3)4/h6-10H,5H2,1-4H3,(H,17,19)/b16-10+.